The van der Waals surface area contributed by atoms with Gasteiger partial charge in [-0.1, -0.05) is 25.1 Å². The van der Waals surface area contributed by atoms with E-state index in [-0.39, 0.29) is 11.5 Å². The first-order valence-corrected chi connectivity index (χ1v) is 10.4. The number of anilines is 2. The minimum atomic E-state index is -3.46. The van der Waals surface area contributed by atoms with Crippen LogP contribution in [0.15, 0.2) is 42.5 Å². The van der Waals surface area contributed by atoms with Gasteiger partial charge in [0.05, 0.1) is 23.2 Å². The Morgan fingerprint density at radius 2 is 1.70 bits per heavy atom. The highest BCUT2D eigenvalue weighted by Crippen LogP contribution is 2.20. The van der Waals surface area contributed by atoms with E-state index in [1.807, 2.05) is 6.92 Å². The van der Waals surface area contributed by atoms with E-state index >= 15 is 0 Å². The summed E-state index contributed by atoms with van der Waals surface area (Å²) < 4.78 is 25.3. The Kier molecular flexibility index (Phi) is 6.57. The van der Waals surface area contributed by atoms with Gasteiger partial charge >= 0.3 is 0 Å². The summed E-state index contributed by atoms with van der Waals surface area (Å²) in [7, 11) is -3.46. The van der Waals surface area contributed by atoms with Crippen LogP contribution in [0.5, 0.6) is 0 Å². The largest absolute Gasteiger partial charge is 0.352 e. The Hall–Kier alpha value is -2.87. The Bertz CT molecular complexity index is 955. The molecule has 0 fully saturated rings. The molecule has 27 heavy (non-hydrogen) atoms. The van der Waals surface area contributed by atoms with Crippen LogP contribution in [0.2, 0.25) is 0 Å². The second-order valence-corrected chi connectivity index (χ2v) is 7.91. The highest BCUT2D eigenvalue weighted by atomic mass is 32.2. The van der Waals surface area contributed by atoms with Gasteiger partial charge in [0.2, 0.25) is 10.0 Å². The number of nitrogens with one attached hydrogen (secondary N) is 3. The lowest BCUT2D eigenvalue weighted by Gasteiger charge is -2.13. The smallest absolute Gasteiger partial charge is 0.255 e. The number of amides is 2. The summed E-state index contributed by atoms with van der Waals surface area (Å²) in [5.74, 6) is -0.710. The third-order valence-electron chi connectivity index (χ3n) is 3.75. The van der Waals surface area contributed by atoms with Gasteiger partial charge in [-0.3, -0.25) is 14.3 Å². The molecular formula is C19H23N3O4S. The minimum Gasteiger partial charge on any atom is -0.352 e. The molecule has 3 N–H and O–H groups in total. The van der Waals surface area contributed by atoms with Crippen LogP contribution in [0.25, 0.3) is 0 Å². The van der Waals surface area contributed by atoms with Gasteiger partial charge in [0.1, 0.15) is 0 Å². The molecule has 0 spiro atoms. The molecule has 0 aliphatic carbocycles. The van der Waals surface area contributed by atoms with Crippen LogP contribution >= 0.6 is 0 Å². The molecule has 0 bridgehead atoms. The average molecular weight is 389 g/mol. The number of benzene rings is 2. The highest BCUT2D eigenvalue weighted by Gasteiger charge is 2.15. The van der Waals surface area contributed by atoms with E-state index in [1.54, 1.807) is 43.3 Å². The molecule has 144 valence electrons. The number of carbonyl (C=O) groups excluding carboxylic acids is 2. The molecule has 0 aromatic heterocycles. The van der Waals surface area contributed by atoms with Gasteiger partial charge < -0.3 is 10.6 Å². The van der Waals surface area contributed by atoms with E-state index in [9.17, 15) is 18.0 Å². The van der Waals surface area contributed by atoms with Gasteiger partial charge in [-0.05, 0) is 43.2 Å². The van der Waals surface area contributed by atoms with Crippen molar-refractivity contribution >= 4 is 33.2 Å². The van der Waals surface area contributed by atoms with Crippen molar-refractivity contribution < 1.29 is 18.0 Å². The molecule has 0 atom stereocenters. The number of hydrogen-bond acceptors (Lipinski definition) is 4. The number of aryl methyl sites for hydroxylation is 1. The van der Waals surface area contributed by atoms with Crippen molar-refractivity contribution in [2.45, 2.75) is 20.3 Å². The van der Waals surface area contributed by atoms with Crippen LogP contribution in [0.4, 0.5) is 11.4 Å². The normalized spacial score (nSPS) is 10.9. The van der Waals surface area contributed by atoms with Crippen molar-refractivity contribution in [3.63, 3.8) is 0 Å². The molecule has 2 amide bonds. The number of carbonyl (C=O) groups is 2. The van der Waals surface area contributed by atoms with Gasteiger partial charge in [-0.25, -0.2) is 8.42 Å². The lowest BCUT2D eigenvalue weighted by atomic mass is 10.1. The van der Waals surface area contributed by atoms with E-state index in [0.29, 0.717) is 29.0 Å². The van der Waals surface area contributed by atoms with Crippen molar-refractivity contribution in [3.05, 3.63) is 59.2 Å². The lowest BCUT2D eigenvalue weighted by molar-refractivity contribution is 0.0954. The summed E-state index contributed by atoms with van der Waals surface area (Å²) in [5, 5.41) is 5.49. The summed E-state index contributed by atoms with van der Waals surface area (Å²) in [6, 6.07) is 11.4. The average Bonchev–Trinajstić information content (AvgIpc) is 2.60. The van der Waals surface area contributed by atoms with Crippen LogP contribution in [0.3, 0.4) is 0 Å². The van der Waals surface area contributed by atoms with Crippen LogP contribution in [-0.2, 0) is 10.0 Å². The fourth-order valence-electron chi connectivity index (χ4n) is 2.39. The van der Waals surface area contributed by atoms with Crippen LogP contribution < -0.4 is 15.4 Å². The van der Waals surface area contributed by atoms with Crippen molar-refractivity contribution in [1.82, 2.24) is 5.32 Å². The van der Waals surface area contributed by atoms with Crippen molar-refractivity contribution in [3.8, 4) is 0 Å². The number of sulfonamides is 1. The molecule has 2 aromatic rings. The molecule has 0 aliphatic rings. The summed E-state index contributed by atoms with van der Waals surface area (Å²) in [4.78, 5) is 24.9. The Labute approximate surface area is 159 Å². The number of rotatable bonds is 7. The van der Waals surface area contributed by atoms with Gasteiger partial charge in [0.15, 0.2) is 0 Å². The summed E-state index contributed by atoms with van der Waals surface area (Å²) in [6.45, 7) is 4.23. The maximum atomic E-state index is 12.6. The fourth-order valence-corrected chi connectivity index (χ4v) is 3.01. The SMILES string of the molecule is CCCNC(=O)c1ccccc1NC(=O)c1ccc(C)c(NS(C)(=O)=O)c1. The van der Waals surface area contributed by atoms with Gasteiger partial charge in [-0.15, -0.1) is 0 Å². The molecule has 7 nitrogen and oxygen atoms in total. The van der Waals surface area contributed by atoms with Crippen molar-refractivity contribution in [2.24, 2.45) is 0 Å². The van der Waals surface area contributed by atoms with Crippen LogP contribution in [0.1, 0.15) is 39.6 Å². The Balaban J connectivity index is 2.26. The van der Waals surface area contributed by atoms with Crippen LogP contribution in [0, 0.1) is 6.92 Å². The molecule has 2 rings (SSSR count). The maximum Gasteiger partial charge on any atom is 0.255 e. The summed E-state index contributed by atoms with van der Waals surface area (Å²) in [5.41, 5.74) is 2.04. The molecule has 2 aromatic carbocycles. The minimum absolute atomic E-state index is 0.268. The topological polar surface area (TPSA) is 104 Å². The van der Waals surface area contributed by atoms with Crippen molar-refractivity contribution in [2.75, 3.05) is 22.8 Å². The zero-order chi connectivity index (χ0) is 20.0. The van der Waals surface area contributed by atoms with Gasteiger partial charge in [-0.2, -0.15) is 0 Å². The van der Waals surface area contributed by atoms with Crippen LogP contribution in [-0.4, -0.2) is 33.0 Å². The Morgan fingerprint density at radius 1 is 1.00 bits per heavy atom. The number of para-hydroxylation sites is 1. The predicted molar refractivity (Wildman–Crippen MR) is 107 cm³/mol. The molecular weight excluding hydrogens is 366 g/mol. The quantitative estimate of drug-likeness (QED) is 0.677. The zero-order valence-electron chi connectivity index (χ0n) is 15.5. The molecule has 0 aliphatic heterocycles. The standard InChI is InChI=1S/C19H23N3O4S/c1-4-11-20-19(24)15-7-5-6-8-16(15)21-18(23)14-10-9-13(2)17(12-14)22-27(3,25)26/h5-10,12,22H,4,11H2,1-3H3,(H,20,24)(H,21,23). The molecule has 0 unspecified atom stereocenters. The van der Waals surface area contributed by atoms with Gasteiger partial charge in [0.25, 0.3) is 11.8 Å². The summed E-state index contributed by atoms with van der Waals surface area (Å²) >= 11 is 0. The number of hydrogen-bond donors (Lipinski definition) is 3. The predicted octanol–water partition coefficient (Wildman–Crippen LogP) is 2.76. The van der Waals surface area contributed by atoms with Gasteiger partial charge in [0, 0.05) is 12.1 Å². The molecule has 0 saturated heterocycles. The van der Waals surface area contributed by atoms with E-state index < -0.39 is 15.9 Å². The fraction of sp³-hybridized carbons (Fsp3) is 0.263. The van der Waals surface area contributed by atoms with E-state index in [1.165, 1.54) is 6.07 Å². The first-order valence-electron chi connectivity index (χ1n) is 8.48. The second kappa shape index (κ2) is 8.68. The molecule has 8 heteroatoms. The molecule has 0 heterocycles. The van der Waals surface area contributed by atoms with Crippen molar-refractivity contribution in [1.29, 1.82) is 0 Å². The Morgan fingerprint density at radius 3 is 2.37 bits per heavy atom. The third-order valence-corrected chi connectivity index (χ3v) is 4.34. The van der Waals surface area contributed by atoms with E-state index in [4.69, 9.17) is 0 Å². The second-order valence-electron chi connectivity index (χ2n) is 6.16. The first-order chi connectivity index (χ1) is 12.7. The zero-order valence-corrected chi connectivity index (χ0v) is 16.3. The van der Waals surface area contributed by atoms with E-state index in [2.05, 4.69) is 15.4 Å². The summed E-state index contributed by atoms with van der Waals surface area (Å²) in [6.07, 6.45) is 1.85. The first kappa shape index (κ1) is 20.4. The third kappa shape index (κ3) is 5.82. The molecule has 0 radical (unpaired) electrons. The monoisotopic (exact) mass is 389 g/mol. The maximum absolute atomic E-state index is 12.6. The highest BCUT2D eigenvalue weighted by molar-refractivity contribution is 7.92. The van der Waals surface area contributed by atoms with E-state index in [0.717, 1.165) is 12.7 Å². The molecule has 0 saturated carbocycles. The lowest BCUT2D eigenvalue weighted by Crippen LogP contribution is -2.25.